The van der Waals surface area contributed by atoms with Gasteiger partial charge in [-0.25, -0.2) is 0 Å². The molecule has 0 aromatic carbocycles. The summed E-state index contributed by atoms with van der Waals surface area (Å²) in [6, 6.07) is 0. The summed E-state index contributed by atoms with van der Waals surface area (Å²) in [7, 11) is 0. The van der Waals surface area contributed by atoms with Crippen LogP contribution in [-0.4, -0.2) is 39.6 Å². The van der Waals surface area contributed by atoms with Crippen molar-refractivity contribution >= 4 is 34.0 Å². The van der Waals surface area contributed by atoms with Crippen molar-refractivity contribution in [3.8, 4) is 54.0 Å². The Bertz CT molecular complexity index is 1170. The van der Waals surface area contributed by atoms with E-state index in [1.54, 1.807) is 34.0 Å². The molecule has 0 bridgehead atoms. The van der Waals surface area contributed by atoms with Crippen molar-refractivity contribution in [1.82, 2.24) is 0 Å². The number of ether oxygens (including phenoxy) is 6. The first-order valence-corrected chi connectivity index (χ1v) is 13.3. The summed E-state index contributed by atoms with van der Waals surface area (Å²) < 4.78 is 36.3. The fraction of sp³-hybridized carbons (Fsp3) is 0.478. The first-order valence-electron chi connectivity index (χ1n) is 10.8. The monoisotopic (exact) mass is 492 g/mol. The van der Waals surface area contributed by atoms with Crippen LogP contribution in [-0.2, 0) is 5.41 Å². The molecule has 0 saturated carbocycles. The predicted octanol–water partition coefficient (Wildman–Crippen LogP) is 6.21. The third kappa shape index (κ3) is 3.08. The van der Waals surface area contributed by atoms with E-state index in [2.05, 4.69) is 20.8 Å². The zero-order valence-corrected chi connectivity index (χ0v) is 20.7. The van der Waals surface area contributed by atoms with Gasteiger partial charge in [0.05, 0.1) is 24.4 Å². The number of hydrogen-bond donors (Lipinski definition) is 0. The fourth-order valence-corrected chi connectivity index (χ4v) is 7.72. The van der Waals surface area contributed by atoms with Gasteiger partial charge in [0.2, 0.25) is 0 Å². The molecule has 0 N–H and O–H groups in total. The molecule has 3 aromatic heterocycles. The maximum absolute atomic E-state index is 6.17. The Balaban J connectivity index is 1.54. The maximum atomic E-state index is 6.17. The lowest BCUT2D eigenvalue weighted by Crippen LogP contribution is -2.19. The molecule has 0 atom stereocenters. The van der Waals surface area contributed by atoms with E-state index in [0.29, 0.717) is 39.6 Å². The molecule has 6 nitrogen and oxygen atoms in total. The van der Waals surface area contributed by atoms with Crippen LogP contribution in [0.25, 0.3) is 19.5 Å². The van der Waals surface area contributed by atoms with Crippen molar-refractivity contribution < 1.29 is 28.4 Å². The average Bonchev–Trinajstić information content (AvgIpc) is 3.52. The lowest BCUT2D eigenvalue weighted by atomic mass is 9.88. The molecular formula is C23H24O6S3. The van der Waals surface area contributed by atoms with Gasteiger partial charge in [-0.3, -0.25) is 0 Å². The van der Waals surface area contributed by atoms with Crippen molar-refractivity contribution in [2.45, 2.75) is 32.6 Å². The summed E-state index contributed by atoms with van der Waals surface area (Å²) in [5.74, 6) is 4.88. The zero-order valence-electron chi connectivity index (χ0n) is 18.2. The molecule has 0 spiro atoms. The Labute approximate surface area is 198 Å². The zero-order chi connectivity index (χ0) is 21.9. The Morgan fingerprint density at radius 2 is 1.16 bits per heavy atom. The topological polar surface area (TPSA) is 55.4 Å². The standard InChI is InChI=1S/C23H24O6S3/c1-4-23(2,3)22-17-16(28-9-10-29-17)21(32-22)20-15-14(26-7-8-27-15)19(31-20)18-13-12(11-30-18)24-5-6-25-13/h11H,4-10H2,1-3H3. The van der Waals surface area contributed by atoms with E-state index in [4.69, 9.17) is 28.4 Å². The molecule has 0 unspecified atom stereocenters. The molecule has 170 valence electrons. The SMILES string of the molecule is CCC(C)(C)c1sc(-c2sc(-c3scc4c3OCCO4)c3c2OCCO3)c2c1OCCO2. The normalized spacial score (nSPS) is 16.8. The highest BCUT2D eigenvalue weighted by molar-refractivity contribution is 7.27. The van der Waals surface area contributed by atoms with E-state index < -0.39 is 0 Å². The highest BCUT2D eigenvalue weighted by Crippen LogP contribution is 2.63. The maximum Gasteiger partial charge on any atom is 0.181 e. The minimum Gasteiger partial charge on any atom is -0.485 e. The second-order valence-corrected chi connectivity index (χ2v) is 11.3. The summed E-state index contributed by atoms with van der Waals surface area (Å²) in [4.78, 5) is 5.33. The lowest BCUT2D eigenvalue weighted by molar-refractivity contribution is 0.169. The number of hydrogen-bond acceptors (Lipinski definition) is 9. The molecule has 0 fully saturated rings. The van der Waals surface area contributed by atoms with Gasteiger partial charge in [0.15, 0.2) is 34.5 Å². The fourth-order valence-electron chi connectivity index (χ4n) is 3.98. The Kier molecular flexibility index (Phi) is 4.96. The molecule has 6 rings (SSSR count). The van der Waals surface area contributed by atoms with Crippen LogP contribution in [0.5, 0.6) is 34.5 Å². The molecule has 3 aromatic rings. The van der Waals surface area contributed by atoms with Crippen LogP contribution < -0.4 is 28.4 Å². The molecule has 0 saturated heterocycles. The van der Waals surface area contributed by atoms with Gasteiger partial charge in [-0.15, -0.1) is 34.0 Å². The van der Waals surface area contributed by atoms with Crippen LogP contribution in [0.2, 0.25) is 0 Å². The predicted molar refractivity (Wildman–Crippen MR) is 127 cm³/mol. The summed E-state index contributed by atoms with van der Waals surface area (Å²) in [6.07, 6.45) is 1.01. The molecule has 3 aliphatic heterocycles. The molecule has 0 radical (unpaired) electrons. The van der Waals surface area contributed by atoms with Crippen molar-refractivity contribution in [3.63, 3.8) is 0 Å². The average molecular weight is 493 g/mol. The van der Waals surface area contributed by atoms with E-state index in [1.807, 2.05) is 5.38 Å². The van der Waals surface area contributed by atoms with Crippen LogP contribution in [0.3, 0.4) is 0 Å². The Hall–Kier alpha value is -2.10. The third-order valence-electron chi connectivity index (χ3n) is 6.01. The lowest BCUT2D eigenvalue weighted by Gasteiger charge is -2.24. The number of fused-ring (bicyclic) bond motifs is 3. The van der Waals surface area contributed by atoms with Gasteiger partial charge in [0, 0.05) is 10.8 Å². The second-order valence-electron chi connectivity index (χ2n) is 8.42. The van der Waals surface area contributed by atoms with Crippen molar-refractivity contribution in [2.75, 3.05) is 39.6 Å². The Morgan fingerprint density at radius 1 is 0.656 bits per heavy atom. The Morgan fingerprint density at radius 3 is 1.81 bits per heavy atom. The molecular weight excluding hydrogens is 468 g/mol. The van der Waals surface area contributed by atoms with E-state index in [9.17, 15) is 0 Å². The largest absolute Gasteiger partial charge is 0.485 e. The summed E-state index contributed by atoms with van der Waals surface area (Å²) in [5.41, 5.74) is -0.0107. The highest BCUT2D eigenvalue weighted by atomic mass is 32.1. The third-order valence-corrected chi connectivity index (χ3v) is 9.95. The van der Waals surface area contributed by atoms with E-state index >= 15 is 0 Å². The van der Waals surface area contributed by atoms with Gasteiger partial charge < -0.3 is 28.4 Å². The van der Waals surface area contributed by atoms with E-state index in [1.165, 1.54) is 4.88 Å². The first-order chi connectivity index (χ1) is 15.6. The van der Waals surface area contributed by atoms with Gasteiger partial charge in [-0.05, 0) is 6.42 Å². The van der Waals surface area contributed by atoms with Crippen LogP contribution in [0.4, 0.5) is 0 Å². The number of thiophene rings is 3. The van der Waals surface area contributed by atoms with E-state index in [0.717, 1.165) is 60.4 Å². The molecule has 0 aliphatic carbocycles. The van der Waals surface area contributed by atoms with Gasteiger partial charge in [-0.1, -0.05) is 20.8 Å². The second kappa shape index (κ2) is 7.74. The number of rotatable bonds is 4. The minimum atomic E-state index is -0.0107. The molecule has 0 amide bonds. The highest BCUT2D eigenvalue weighted by Gasteiger charge is 2.37. The smallest absolute Gasteiger partial charge is 0.181 e. The van der Waals surface area contributed by atoms with Gasteiger partial charge >= 0.3 is 0 Å². The quantitative estimate of drug-likeness (QED) is 0.432. The van der Waals surface area contributed by atoms with Crippen molar-refractivity contribution in [2.24, 2.45) is 0 Å². The summed E-state index contributed by atoms with van der Waals surface area (Å²) in [5, 5.41) is 2.01. The van der Waals surface area contributed by atoms with E-state index in [-0.39, 0.29) is 5.41 Å². The van der Waals surface area contributed by atoms with Gasteiger partial charge in [0.1, 0.15) is 39.6 Å². The van der Waals surface area contributed by atoms with Crippen LogP contribution in [0, 0.1) is 0 Å². The van der Waals surface area contributed by atoms with Gasteiger partial charge in [0.25, 0.3) is 0 Å². The van der Waals surface area contributed by atoms with Crippen molar-refractivity contribution in [3.05, 3.63) is 10.3 Å². The minimum absolute atomic E-state index is 0.0107. The molecule has 32 heavy (non-hydrogen) atoms. The first kappa shape index (κ1) is 20.5. The van der Waals surface area contributed by atoms with Gasteiger partial charge in [-0.2, -0.15) is 0 Å². The van der Waals surface area contributed by atoms with Crippen LogP contribution in [0.1, 0.15) is 32.1 Å². The van der Waals surface area contributed by atoms with Crippen LogP contribution in [0.15, 0.2) is 5.38 Å². The summed E-state index contributed by atoms with van der Waals surface area (Å²) >= 11 is 5.02. The summed E-state index contributed by atoms with van der Waals surface area (Å²) in [6.45, 7) is 10.0. The molecule has 6 heterocycles. The molecule has 9 heteroatoms. The van der Waals surface area contributed by atoms with Crippen molar-refractivity contribution in [1.29, 1.82) is 0 Å². The van der Waals surface area contributed by atoms with Crippen LogP contribution >= 0.6 is 34.0 Å². The molecule has 3 aliphatic rings.